The first-order valence-corrected chi connectivity index (χ1v) is 5.25. The minimum Gasteiger partial charge on any atom is -0.285 e. The third kappa shape index (κ3) is 4.20. The number of benzene rings is 1. The van der Waals surface area contributed by atoms with Crippen LogP contribution in [0.2, 0.25) is 0 Å². The van der Waals surface area contributed by atoms with E-state index in [1.807, 2.05) is 0 Å². The van der Waals surface area contributed by atoms with E-state index in [1.54, 1.807) is 38.4 Å². The van der Waals surface area contributed by atoms with Crippen molar-refractivity contribution >= 4 is 17.5 Å². The zero-order valence-electron chi connectivity index (χ0n) is 10.5. The zero-order valence-corrected chi connectivity index (χ0v) is 10.5. The van der Waals surface area contributed by atoms with Crippen LogP contribution in [-0.4, -0.2) is 30.9 Å². The van der Waals surface area contributed by atoms with Gasteiger partial charge in [-0.1, -0.05) is 17.4 Å². The van der Waals surface area contributed by atoms with Crippen molar-refractivity contribution in [2.75, 3.05) is 14.1 Å². The third-order valence-electron chi connectivity index (χ3n) is 1.83. The van der Waals surface area contributed by atoms with Crippen LogP contribution in [0.25, 0.3) is 0 Å². The molecule has 0 unspecified atom stereocenters. The van der Waals surface area contributed by atoms with Gasteiger partial charge in [0.2, 0.25) is 5.91 Å². The Morgan fingerprint density at radius 3 is 2.44 bits per heavy atom. The molecule has 0 atom stereocenters. The van der Waals surface area contributed by atoms with Gasteiger partial charge in [0.15, 0.2) is 0 Å². The Bertz CT molecular complexity index is 470. The van der Waals surface area contributed by atoms with Crippen LogP contribution in [0.4, 0.5) is 5.69 Å². The molecule has 0 spiro atoms. The highest BCUT2D eigenvalue weighted by molar-refractivity contribution is 5.99. The molecule has 0 aromatic heterocycles. The van der Waals surface area contributed by atoms with Crippen molar-refractivity contribution in [2.24, 2.45) is 10.3 Å². The third-order valence-corrected chi connectivity index (χ3v) is 1.83. The molecule has 7 nitrogen and oxygen atoms in total. The van der Waals surface area contributed by atoms with Crippen molar-refractivity contribution in [3.63, 3.8) is 0 Å². The molecule has 0 saturated heterocycles. The van der Waals surface area contributed by atoms with E-state index in [0.717, 1.165) is 0 Å². The molecule has 0 aliphatic rings. The summed E-state index contributed by atoms with van der Waals surface area (Å²) in [5.74, 6) is -0.797. The van der Waals surface area contributed by atoms with Gasteiger partial charge in [-0.15, -0.1) is 5.11 Å². The largest absolute Gasteiger partial charge is 0.285 e. The standard InChI is InChI=1S/C11H15N5O2/c1-8(17)12-14-11(18)9-6-4-5-7-10(9)13-15-16(2)3/h4-7H,1-3H3,(H,12,17)(H,14,18). The second-order valence-electron chi connectivity index (χ2n) is 3.69. The highest BCUT2D eigenvalue weighted by Crippen LogP contribution is 2.18. The Balaban J connectivity index is 2.87. The lowest BCUT2D eigenvalue weighted by atomic mass is 10.2. The zero-order chi connectivity index (χ0) is 13.5. The van der Waals surface area contributed by atoms with Gasteiger partial charge in [-0.25, -0.2) is 0 Å². The van der Waals surface area contributed by atoms with Crippen LogP contribution in [0, 0.1) is 0 Å². The average Bonchev–Trinajstić information content (AvgIpc) is 2.33. The van der Waals surface area contributed by atoms with Crippen molar-refractivity contribution in [2.45, 2.75) is 6.92 Å². The second-order valence-corrected chi connectivity index (χ2v) is 3.69. The van der Waals surface area contributed by atoms with Crippen LogP contribution < -0.4 is 10.9 Å². The van der Waals surface area contributed by atoms with Crippen LogP contribution in [0.5, 0.6) is 0 Å². The van der Waals surface area contributed by atoms with E-state index in [-0.39, 0.29) is 5.91 Å². The normalized spacial score (nSPS) is 10.2. The van der Waals surface area contributed by atoms with Gasteiger partial charge >= 0.3 is 0 Å². The van der Waals surface area contributed by atoms with Crippen LogP contribution >= 0.6 is 0 Å². The summed E-state index contributed by atoms with van der Waals surface area (Å²) in [6.07, 6.45) is 0. The van der Waals surface area contributed by atoms with Gasteiger partial charge in [-0.05, 0) is 12.1 Å². The van der Waals surface area contributed by atoms with Crippen molar-refractivity contribution in [1.82, 2.24) is 15.9 Å². The summed E-state index contributed by atoms with van der Waals surface area (Å²) >= 11 is 0. The van der Waals surface area contributed by atoms with E-state index in [9.17, 15) is 9.59 Å². The van der Waals surface area contributed by atoms with Crippen molar-refractivity contribution in [3.05, 3.63) is 29.8 Å². The van der Waals surface area contributed by atoms with E-state index < -0.39 is 5.91 Å². The monoisotopic (exact) mass is 249 g/mol. The number of carbonyl (C=O) groups is 2. The summed E-state index contributed by atoms with van der Waals surface area (Å²) in [5, 5.41) is 9.27. The SMILES string of the molecule is CC(=O)NNC(=O)c1ccccc1N=NN(C)C. The van der Waals surface area contributed by atoms with Crippen LogP contribution in [0.3, 0.4) is 0 Å². The van der Waals surface area contributed by atoms with Crippen molar-refractivity contribution < 1.29 is 9.59 Å². The Morgan fingerprint density at radius 1 is 1.17 bits per heavy atom. The van der Waals surface area contributed by atoms with Crippen LogP contribution in [-0.2, 0) is 4.79 Å². The maximum absolute atomic E-state index is 11.8. The molecular weight excluding hydrogens is 234 g/mol. The molecule has 0 bridgehead atoms. The van der Waals surface area contributed by atoms with E-state index in [4.69, 9.17) is 0 Å². The first-order chi connectivity index (χ1) is 8.50. The maximum Gasteiger partial charge on any atom is 0.271 e. The molecule has 2 N–H and O–H groups in total. The molecule has 1 aromatic carbocycles. The quantitative estimate of drug-likeness (QED) is 0.619. The van der Waals surface area contributed by atoms with Crippen molar-refractivity contribution in [1.29, 1.82) is 0 Å². The number of hydrogen-bond donors (Lipinski definition) is 2. The van der Waals surface area contributed by atoms with Crippen molar-refractivity contribution in [3.8, 4) is 0 Å². The smallest absolute Gasteiger partial charge is 0.271 e. The molecule has 0 aliphatic carbocycles. The lowest BCUT2D eigenvalue weighted by molar-refractivity contribution is -0.119. The number of amides is 2. The lowest BCUT2D eigenvalue weighted by Crippen LogP contribution is -2.40. The first kappa shape index (κ1) is 13.6. The Hall–Kier alpha value is -2.44. The molecular formula is C11H15N5O2. The Morgan fingerprint density at radius 2 is 1.83 bits per heavy atom. The number of nitrogens with one attached hydrogen (secondary N) is 2. The lowest BCUT2D eigenvalue weighted by Gasteiger charge is -2.07. The molecule has 0 fully saturated rings. The number of nitrogens with zero attached hydrogens (tertiary/aromatic N) is 3. The predicted octanol–water partition coefficient (Wildman–Crippen LogP) is 1.03. The van der Waals surface area contributed by atoms with Gasteiger partial charge in [0, 0.05) is 21.0 Å². The molecule has 18 heavy (non-hydrogen) atoms. The van der Waals surface area contributed by atoms with E-state index >= 15 is 0 Å². The highest BCUT2D eigenvalue weighted by Gasteiger charge is 2.10. The molecule has 0 radical (unpaired) electrons. The summed E-state index contributed by atoms with van der Waals surface area (Å²) in [7, 11) is 3.45. The average molecular weight is 249 g/mol. The van der Waals surface area contributed by atoms with E-state index in [2.05, 4.69) is 21.2 Å². The number of hydrogen-bond acceptors (Lipinski definition) is 4. The second kappa shape index (κ2) is 6.33. The highest BCUT2D eigenvalue weighted by atomic mass is 16.2. The molecule has 0 aliphatic heterocycles. The first-order valence-electron chi connectivity index (χ1n) is 5.25. The number of hydrazine groups is 1. The van der Waals surface area contributed by atoms with Crippen LogP contribution in [0.15, 0.2) is 34.6 Å². The number of rotatable bonds is 3. The van der Waals surface area contributed by atoms with Gasteiger partial charge in [-0.2, -0.15) is 0 Å². The van der Waals surface area contributed by atoms with Gasteiger partial charge in [-0.3, -0.25) is 25.4 Å². The van der Waals surface area contributed by atoms with Gasteiger partial charge in [0.1, 0.15) is 5.69 Å². The van der Waals surface area contributed by atoms with E-state index in [0.29, 0.717) is 11.3 Å². The number of carbonyl (C=O) groups excluding carboxylic acids is 2. The minimum atomic E-state index is -0.446. The van der Waals surface area contributed by atoms with Gasteiger partial charge in [0.05, 0.1) is 5.56 Å². The Kier molecular flexibility index (Phi) is 4.79. The van der Waals surface area contributed by atoms with Crippen LogP contribution in [0.1, 0.15) is 17.3 Å². The van der Waals surface area contributed by atoms with Gasteiger partial charge in [0.25, 0.3) is 5.91 Å². The minimum absolute atomic E-state index is 0.330. The Labute approximate surface area is 105 Å². The maximum atomic E-state index is 11.8. The summed E-state index contributed by atoms with van der Waals surface area (Å²) in [6, 6.07) is 6.72. The molecule has 2 amide bonds. The molecule has 0 saturated carbocycles. The summed E-state index contributed by atoms with van der Waals surface area (Å²) in [6.45, 7) is 1.30. The molecule has 96 valence electrons. The molecule has 1 rings (SSSR count). The fourth-order valence-electron chi connectivity index (χ4n) is 1.10. The summed E-state index contributed by atoms with van der Waals surface area (Å²) in [5.41, 5.74) is 5.24. The van der Waals surface area contributed by atoms with Gasteiger partial charge < -0.3 is 0 Å². The topological polar surface area (TPSA) is 86.2 Å². The molecule has 0 heterocycles. The van der Waals surface area contributed by atoms with E-state index in [1.165, 1.54) is 11.9 Å². The fraction of sp³-hybridized carbons (Fsp3) is 0.273. The fourth-order valence-corrected chi connectivity index (χ4v) is 1.10. The predicted molar refractivity (Wildman–Crippen MR) is 65.9 cm³/mol. The molecule has 7 heteroatoms. The molecule has 1 aromatic rings. The summed E-state index contributed by atoms with van der Waals surface area (Å²) in [4.78, 5) is 22.5. The summed E-state index contributed by atoms with van der Waals surface area (Å²) < 4.78 is 0.